The molecule has 0 saturated heterocycles. The van der Waals surface area contributed by atoms with Gasteiger partial charge in [-0.3, -0.25) is 0 Å². The molecular formula is C13H18ClNO. The molecular weight excluding hydrogens is 222 g/mol. The van der Waals surface area contributed by atoms with Gasteiger partial charge in [-0.25, -0.2) is 0 Å². The number of anilines is 1. The van der Waals surface area contributed by atoms with E-state index in [-0.39, 0.29) is 0 Å². The van der Waals surface area contributed by atoms with Crippen molar-refractivity contribution in [2.45, 2.75) is 38.7 Å². The van der Waals surface area contributed by atoms with Gasteiger partial charge >= 0.3 is 0 Å². The first kappa shape index (κ1) is 11.6. The third-order valence-corrected chi connectivity index (χ3v) is 3.56. The first-order chi connectivity index (χ1) is 7.66. The van der Waals surface area contributed by atoms with E-state index in [9.17, 15) is 0 Å². The minimum atomic E-state index is 0.301. The van der Waals surface area contributed by atoms with Gasteiger partial charge in [0.25, 0.3) is 0 Å². The summed E-state index contributed by atoms with van der Waals surface area (Å²) < 4.78 is 5.97. The number of benzene rings is 1. The number of halogens is 1. The molecule has 1 saturated carbocycles. The van der Waals surface area contributed by atoms with E-state index in [0.29, 0.717) is 22.7 Å². The van der Waals surface area contributed by atoms with Crippen molar-refractivity contribution in [3.63, 3.8) is 0 Å². The molecule has 1 aromatic rings. The second-order valence-electron chi connectivity index (χ2n) is 4.61. The molecule has 0 radical (unpaired) electrons. The molecule has 0 aromatic heterocycles. The Balaban J connectivity index is 2.07. The fourth-order valence-corrected chi connectivity index (χ4v) is 2.47. The van der Waals surface area contributed by atoms with Gasteiger partial charge in [0.2, 0.25) is 0 Å². The highest BCUT2D eigenvalue weighted by Crippen LogP contribution is 2.32. The zero-order chi connectivity index (χ0) is 11.5. The molecule has 2 atom stereocenters. The number of ether oxygens (including phenoxy) is 1. The van der Waals surface area contributed by atoms with Crippen LogP contribution in [0.15, 0.2) is 18.2 Å². The van der Waals surface area contributed by atoms with Crippen LogP contribution in [0.1, 0.15) is 32.6 Å². The fraction of sp³-hybridized carbons (Fsp3) is 0.538. The number of hydrogen-bond acceptors (Lipinski definition) is 2. The molecule has 0 amide bonds. The molecule has 1 aliphatic carbocycles. The highest BCUT2D eigenvalue weighted by molar-refractivity contribution is 6.32. The Hall–Kier alpha value is -0.890. The van der Waals surface area contributed by atoms with Crippen molar-refractivity contribution in [3.05, 3.63) is 23.2 Å². The molecule has 88 valence electrons. The Kier molecular flexibility index (Phi) is 3.59. The summed E-state index contributed by atoms with van der Waals surface area (Å²) in [6, 6.07) is 5.43. The van der Waals surface area contributed by atoms with Crippen molar-refractivity contribution in [1.82, 2.24) is 0 Å². The van der Waals surface area contributed by atoms with Gasteiger partial charge in [-0.2, -0.15) is 0 Å². The molecule has 0 aliphatic heterocycles. The first-order valence-corrected chi connectivity index (χ1v) is 6.26. The van der Waals surface area contributed by atoms with E-state index in [1.165, 1.54) is 19.3 Å². The third-order valence-electron chi connectivity index (χ3n) is 3.27. The van der Waals surface area contributed by atoms with Gasteiger partial charge in [-0.05, 0) is 43.4 Å². The van der Waals surface area contributed by atoms with Crippen molar-refractivity contribution < 1.29 is 4.74 Å². The summed E-state index contributed by atoms with van der Waals surface area (Å²) in [4.78, 5) is 0. The van der Waals surface area contributed by atoms with Gasteiger partial charge in [-0.1, -0.05) is 24.9 Å². The number of nitrogens with two attached hydrogens (primary N) is 1. The predicted octanol–water partition coefficient (Wildman–Crippen LogP) is 3.88. The summed E-state index contributed by atoms with van der Waals surface area (Å²) >= 11 is 6.09. The van der Waals surface area contributed by atoms with Crippen LogP contribution in [0.2, 0.25) is 5.02 Å². The maximum atomic E-state index is 6.09. The Morgan fingerprint density at radius 3 is 2.75 bits per heavy atom. The van der Waals surface area contributed by atoms with Crippen molar-refractivity contribution in [1.29, 1.82) is 0 Å². The van der Waals surface area contributed by atoms with E-state index in [4.69, 9.17) is 22.1 Å². The number of hydrogen-bond donors (Lipinski definition) is 1. The smallest absolute Gasteiger partial charge is 0.138 e. The molecule has 0 bridgehead atoms. The van der Waals surface area contributed by atoms with Crippen LogP contribution in [0.4, 0.5) is 5.69 Å². The summed E-state index contributed by atoms with van der Waals surface area (Å²) in [5.74, 6) is 1.37. The maximum Gasteiger partial charge on any atom is 0.138 e. The standard InChI is InChI=1S/C13H18ClNO/c1-9-4-2-3-5-12(9)16-13-7-6-10(15)8-11(13)14/h6-9,12H,2-5,15H2,1H3. The summed E-state index contributed by atoms with van der Waals surface area (Å²) in [7, 11) is 0. The molecule has 1 aliphatic rings. The third kappa shape index (κ3) is 2.62. The average Bonchev–Trinajstić information content (AvgIpc) is 2.25. The zero-order valence-corrected chi connectivity index (χ0v) is 10.3. The van der Waals surface area contributed by atoms with Crippen LogP contribution in [0, 0.1) is 5.92 Å². The quantitative estimate of drug-likeness (QED) is 0.795. The van der Waals surface area contributed by atoms with Gasteiger partial charge < -0.3 is 10.5 Å². The minimum absolute atomic E-state index is 0.301. The van der Waals surface area contributed by atoms with Crippen molar-refractivity contribution in [3.8, 4) is 5.75 Å². The maximum absolute atomic E-state index is 6.09. The second kappa shape index (κ2) is 4.96. The normalized spacial score (nSPS) is 25.4. The highest BCUT2D eigenvalue weighted by atomic mass is 35.5. The Labute approximate surface area is 102 Å². The Bertz CT molecular complexity index is 367. The molecule has 1 fully saturated rings. The summed E-state index contributed by atoms with van der Waals surface area (Å²) in [6.45, 7) is 2.25. The number of nitrogen functional groups attached to an aromatic ring is 1. The van der Waals surface area contributed by atoms with Gasteiger partial charge in [0.1, 0.15) is 11.9 Å². The van der Waals surface area contributed by atoms with Gasteiger partial charge in [0.15, 0.2) is 0 Å². The van der Waals surface area contributed by atoms with Gasteiger partial charge in [0, 0.05) is 5.69 Å². The van der Waals surface area contributed by atoms with Crippen LogP contribution >= 0.6 is 11.6 Å². The summed E-state index contributed by atoms with van der Waals surface area (Å²) in [5, 5.41) is 0.609. The molecule has 2 nitrogen and oxygen atoms in total. The van der Waals surface area contributed by atoms with E-state index in [1.807, 2.05) is 12.1 Å². The Morgan fingerprint density at radius 2 is 2.06 bits per heavy atom. The monoisotopic (exact) mass is 239 g/mol. The van der Waals surface area contributed by atoms with Crippen LogP contribution in [0.25, 0.3) is 0 Å². The summed E-state index contributed by atoms with van der Waals surface area (Å²) in [5.41, 5.74) is 6.32. The van der Waals surface area contributed by atoms with E-state index in [2.05, 4.69) is 6.92 Å². The fourth-order valence-electron chi connectivity index (χ4n) is 2.23. The molecule has 16 heavy (non-hydrogen) atoms. The minimum Gasteiger partial charge on any atom is -0.489 e. The Morgan fingerprint density at radius 1 is 1.31 bits per heavy atom. The molecule has 2 N–H and O–H groups in total. The largest absolute Gasteiger partial charge is 0.489 e. The van der Waals surface area contributed by atoms with Crippen LogP contribution in [0.5, 0.6) is 5.75 Å². The van der Waals surface area contributed by atoms with Gasteiger partial charge in [0.05, 0.1) is 5.02 Å². The number of rotatable bonds is 2. The lowest BCUT2D eigenvalue weighted by Crippen LogP contribution is -2.28. The first-order valence-electron chi connectivity index (χ1n) is 5.88. The predicted molar refractivity (Wildman–Crippen MR) is 67.9 cm³/mol. The van der Waals surface area contributed by atoms with Crippen LogP contribution < -0.4 is 10.5 Å². The molecule has 0 heterocycles. The lowest BCUT2D eigenvalue weighted by Gasteiger charge is -2.29. The lowest BCUT2D eigenvalue weighted by molar-refractivity contribution is 0.103. The van der Waals surface area contributed by atoms with Crippen molar-refractivity contribution >= 4 is 17.3 Å². The lowest BCUT2D eigenvalue weighted by atomic mass is 9.88. The topological polar surface area (TPSA) is 35.2 Å². The van der Waals surface area contributed by atoms with Crippen LogP contribution in [0.3, 0.4) is 0 Å². The SMILES string of the molecule is CC1CCCCC1Oc1ccc(N)cc1Cl. The van der Waals surface area contributed by atoms with Crippen LogP contribution in [-0.2, 0) is 0 Å². The average molecular weight is 240 g/mol. The molecule has 2 unspecified atom stereocenters. The van der Waals surface area contributed by atoms with Crippen molar-refractivity contribution in [2.24, 2.45) is 5.92 Å². The molecule has 3 heteroatoms. The molecule has 1 aromatic carbocycles. The van der Waals surface area contributed by atoms with E-state index in [1.54, 1.807) is 6.07 Å². The van der Waals surface area contributed by atoms with E-state index >= 15 is 0 Å². The van der Waals surface area contributed by atoms with E-state index in [0.717, 1.165) is 12.2 Å². The summed E-state index contributed by atoms with van der Waals surface area (Å²) in [6.07, 6.45) is 5.24. The highest BCUT2D eigenvalue weighted by Gasteiger charge is 2.23. The van der Waals surface area contributed by atoms with Gasteiger partial charge in [-0.15, -0.1) is 0 Å². The molecule has 0 spiro atoms. The molecule has 2 rings (SSSR count). The van der Waals surface area contributed by atoms with Crippen LogP contribution in [-0.4, -0.2) is 6.10 Å². The van der Waals surface area contributed by atoms with Crippen molar-refractivity contribution in [2.75, 3.05) is 5.73 Å². The zero-order valence-electron chi connectivity index (χ0n) is 9.58. The second-order valence-corrected chi connectivity index (χ2v) is 5.02. The van der Waals surface area contributed by atoms with E-state index < -0.39 is 0 Å².